The van der Waals surface area contributed by atoms with E-state index < -0.39 is 22.2 Å². The molecular weight excluding hydrogens is 438 g/mol. The molecule has 1 spiro atoms. The minimum absolute atomic E-state index is 0.0331. The summed E-state index contributed by atoms with van der Waals surface area (Å²) in [7, 11) is 1.63. The summed E-state index contributed by atoms with van der Waals surface area (Å²) in [4.78, 5) is 42.2. The van der Waals surface area contributed by atoms with E-state index in [0.717, 1.165) is 44.9 Å². The van der Waals surface area contributed by atoms with E-state index in [1.807, 2.05) is 13.8 Å². The molecule has 0 aliphatic carbocycles. The molecule has 0 aromatic heterocycles. The second-order valence-corrected chi connectivity index (χ2v) is 13.6. The van der Waals surface area contributed by atoms with Crippen molar-refractivity contribution in [1.29, 1.82) is 0 Å². The maximum Gasteiger partial charge on any atom is 0.244 e. The Balaban J connectivity index is 1.87. The fourth-order valence-electron chi connectivity index (χ4n) is 6.68. The van der Waals surface area contributed by atoms with Crippen molar-refractivity contribution in [1.82, 2.24) is 15.5 Å². The fourth-order valence-corrected chi connectivity index (χ4v) is 8.90. The zero-order valence-corrected chi connectivity index (χ0v) is 22.0. The third-order valence-electron chi connectivity index (χ3n) is 7.34. The van der Waals surface area contributed by atoms with Crippen LogP contribution in [-0.2, 0) is 14.4 Å². The van der Waals surface area contributed by atoms with Crippen LogP contribution in [0.2, 0.25) is 0 Å². The van der Waals surface area contributed by atoms with Crippen molar-refractivity contribution in [2.45, 2.75) is 101 Å². The summed E-state index contributed by atoms with van der Waals surface area (Å²) in [6.45, 7) is 11.3. The van der Waals surface area contributed by atoms with Crippen LogP contribution in [-0.4, -0.2) is 69.5 Å². The van der Waals surface area contributed by atoms with Crippen LogP contribution in [0.4, 0.5) is 0 Å². The van der Waals surface area contributed by atoms with Crippen molar-refractivity contribution in [3.8, 4) is 0 Å². The number of rotatable bonds is 10. The molecule has 3 saturated heterocycles. The third-order valence-corrected chi connectivity index (χ3v) is 9.29. The summed E-state index contributed by atoms with van der Waals surface area (Å²) in [6, 6.07) is -0.545. The molecule has 0 saturated carbocycles. The molecule has 3 heterocycles. The zero-order valence-electron chi connectivity index (χ0n) is 21.2. The van der Waals surface area contributed by atoms with Crippen molar-refractivity contribution in [2.24, 2.45) is 17.3 Å². The van der Waals surface area contributed by atoms with Gasteiger partial charge in [0, 0.05) is 31.0 Å². The Kier molecular flexibility index (Phi) is 7.79. The number of unbranched alkanes of at least 4 members (excludes halogenated alkanes) is 3. The van der Waals surface area contributed by atoms with E-state index in [0.29, 0.717) is 6.54 Å². The fraction of sp³-hybridized carbons (Fsp3) is 0.880. The van der Waals surface area contributed by atoms with Crippen molar-refractivity contribution >= 4 is 29.5 Å². The highest BCUT2D eigenvalue weighted by Crippen LogP contribution is 2.66. The van der Waals surface area contributed by atoms with Crippen LogP contribution < -0.4 is 10.6 Å². The highest BCUT2D eigenvalue weighted by molar-refractivity contribution is 8.02. The standard InChI is InChI=1S/C25H43N3O4S/c1-23(2,3)15-24(4,5)27-21(31)19-25-12-11-16(33-25)17(20(30)26-6)18(25)22(32)28(19)13-9-7-8-10-14-29/h16-19,29H,7-15H2,1-6H3,(H,26,30)(H,27,31)/t16-,17+,18-,19?,25?/m0/s1. The molecule has 3 fully saturated rings. The van der Waals surface area contributed by atoms with Crippen LogP contribution in [0.15, 0.2) is 0 Å². The van der Waals surface area contributed by atoms with Crippen LogP contribution in [0.5, 0.6) is 0 Å². The Labute approximate surface area is 203 Å². The molecule has 0 aromatic carbocycles. The number of carbonyl (C=O) groups is 3. The zero-order chi connectivity index (χ0) is 24.6. The quantitative estimate of drug-likeness (QED) is 0.417. The maximum absolute atomic E-state index is 13.9. The lowest BCUT2D eigenvalue weighted by Crippen LogP contribution is -2.58. The second kappa shape index (κ2) is 9.76. The van der Waals surface area contributed by atoms with Crippen molar-refractivity contribution in [3.05, 3.63) is 0 Å². The first-order valence-electron chi connectivity index (χ1n) is 12.5. The van der Waals surface area contributed by atoms with Crippen LogP contribution in [0.25, 0.3) is 0 Å². The lowest BCUT2D eigenvalue weighted by molar-refractivity contribution is -0.140. The van der Waals surface area contributed by atoms with Gasteiger partial charge in [-0.15, -0.1) is 11.8 Å². The largest absolute Gasteiger partial charge is 0.396 e. The molecule has 0 radical (unpaired) electrons. The first kappa shape index (κ1) is 26.3. The van der Waals surface area contributed by atoms with Crippen molar-refractivity contribution in [3.63, 3.8) is 0 Å². The predicted octanol–water partition coefficient (Wildman–Crippen LogP) is 2.71. The van der Waals surface area contributed by atoms with E-state index in [4.69, 9.17) is 5.11 Å². The normalized spacial score (nSPS) is 31.1. The number of carbonyl (C=O) groups excluding carboxylic acids is 3. The molecule has 3 amide bonds. The third kappa shape index (κ3) is 5.21. The Morgan fingerprint density at radius 1 is 1.12 bits per heavy atom. The maximum atomic E-state index is 13.9. The molecule has 2 bridgehead atoms. The summed E-state index contributed by atoms with van der Waals surface area (Å²) < 4.78 is -0.522. The number of nitrogens with zero attached hydrogens (tertiary/aromatic N) is 1. The van der Waals surface area contributed by atoms with Gasteiger partial charge >= 0.3 is 0 Å². The van der Waals surface area contributed by atoms with Gasteiger partial charge in [-0.25, -0.2) is 0 Å². The molecule has 7 nitrogen and oxygen atoms in total. The molecule has 5 atom stereocenters. The van der Waals surface area contributed by atoms with Gasteiger partial charge in [0.1, 0.15) is 6.04 Å². The van der Waals surface area contributed by atoms with Crippen LogP contribution in [0.1, 0.15) is 79.6 Å². The summed E-state index contributed by atoms with van der Waals surface area (Å²) in [5, 5.41) is 15.2. The van der Waals surface area contributed by atoms with Gasteiger partial charge in [0.2, 0.25) is 17.7 Å². The molecule has 0 aromatic rings. The number of aliphatic hydroxyl groups is 1. The first-order valence-corrected chi connectivity index (χ1v) is 13.4. The Morgan fingerprint density at radius 2 is 1.79 bits per heavy atom. The number of nitrogens with one attached hydrogen (secondary N) is 2. The predicted molar refractivity (Wildman–Crippen MR) is 132 cm³/mol. The van der Waals surface area contributed by atoms with E-state index in [-0.39, 0.29) is 40.9 Å². The number of fused-ring (bicyclic) bond motifs is 1. The van der Waals surface area contributed by atoms with Gasteiger partial charge in [-0.05, 0) is 51.4 Å². The molecular formula is C25H43N3O4S. The molecule has 8 heteroatoms. The molecule has 3 aliphatic rings. The first-order chi connectivity index (χ1) is 15.4. The summed E-state index contributed by atoms with van der Waals surface area (Å²) in [5.74, 6) is -0.988. The summed E-state index contributed by atoms with van der Waals surface area (Å²) in [5.41, 5.74) is -0.345. The number of hydrogen-bond acceptors (Lipinski definition) is 5. The van der Waals surface area contributed by atoms with Crippen LogP contribution >= 0.6 is 11.8 Å². The van der Waals surface area contributed by atoms with E-state index in [2.05, 4.69) is 31.4 Å². The topological polar surface area (TPSA) is 98.7 Å². The number of aliphatic hydroxyl groups excluding tert-OH is 1. The average molecular weight is 482 g/mol. The van der Waals surface area contributed by atoms with Gasteiger partial charge < -0.3 is 20.6 Å². The number of likely N-dealkylation sites (tertiary alicyclic amines) is 1. The number of hydrogen-bond donors (Lipinski definition) is 3. The molecule has 188 valence electrons. The lowest BCUT2D eigenvalue weighted by Gasteiger charge is -2.38. The molecule has 3 aliphatic heterocycles. The minimum atomic E-state index is -0.545. The van der Waals surface area contributed by atoms with Gasteiger partial charge in [0.05, 0.1) is 16.6 Å². The van der Waals surface area contributed by atoms with Gasteiger partial charge in [-0.3, -0.25) is 14.4 Å². The summed E-state index contributed by atoms with van der Waals surface area (Å²) >= 11 is 1.71. The highest BCUT2D eigenvalue weighted by Gasteiger charge is 2.73. The highest BCUT2D eigenvalue weighted by atomic mass is 32.2. The summed E-state index contributed by atoms with van der Waals surface area (Å²) in [6.07, 6.45) is 5.84. The Bertz CT molecular complexity index is 765. The van der Waals surface area contributed by atoms with Crippen molar-refractivity contribution < 1.29 is 19.5 Å². The van der Waals surface area contributed by atoms with Crippen molar-refractivity contribution in [2.75, 3.05) is 20.2 Å². The van der Waals surface area contributed by atoms with E-state index in [1.165, 1.54) is 0 Å². The number of thioether (sulfide) groups is 1. The van der Waals surface area contributed by atoms with Gasteiger partial charge in [-0.1, -0.05) is 33.6 Å². The van der Waals surface area contributed by atoms with Gasteiger partial charge in [-0.2, -0.15) is 0 Å². The second-order valence-electron chi connectivity index (χ2n) is 12.0. The van der Waals surface area contributed by atoms with Gasteiger partial charge in [0.15, 0.2) is 0 Å². The monoisotopic (exact) mass is 481 g/mol. The lowest BCUT2D eigenvalue weighted by atomic mass is 9.70. The van der Waals surface area contributed by atoms with E-state index in [1.54, 1.807) is 23.7 Å². The van der Waals surface area contributed by atoms with E-state index >= 15 is 0 Å². The molecule has 3 N–H and O–H groups in total. The smallest absolute Gasteiger partial charge is 0.244 e. The van der Waals surface area contributed by atoms with E-state index in [9.17, 15) is 14.4 Å². The Morgan fingerprint density at radius 3 is 2.39 bits per heavy atom. The molecule has 33 heavy (non-hydrogen) atoms. The molecule has 3 rings (SSSR count). The molecule has 2 unspecified atom stereocenters. The average Bonchev–Trinajstić information content (AvgIpc) is 3.32. The van der Waals surface area contributed by atoms with Gasteiger partial charge in [0.25, 0.3) is 0 Å². The van der Waals surface area contributed by atoms with Crippen LogP contribution in [0, 0.1) is 17.3 Å². The number of amides is 3. The minimum Gasteiger partial charge on any atom is -0.396 e. The van der Waals surface area contributed by atoms with Crippen LogP contribution in [0.3, 0.4) is 0 Å². The SMILES string of the molecule is CNC(=O)[C@@H]1[C@@H]2CCC3(S2)C(C(=O)NC(C)(C)CC(C)(C)C)N(CCCCCCO)C(=O)[C@H]13. The Hall–Kier alpha value is -1.28.